The van der Waals surface area contributed by atoms with E-state index in [1.54, 1.807) is 0 Å². The minimum atomic E-state index is -4.84. The fourth-order valence-electron chi connectivity index (χ4n) is 1.70. The Bertz CT molecular complexity index is 1580. The second-order valence-electron chi connectivity index (χ2n) is 7.03. The lowest BCUT2D eigenvalue weighted by Gasteiger charge is -2.05. The summed E-state index contributed by atoms with van der Waals surface area (Å²) < 4.78 is 212. The van der Waals surface area contributed by atoms with Crippen LogP contribution in [0, 0.1) is 0 Å². The summed E-state index contributed by atoms with van der Waals surface area (Å²) in [5, 5.41) is 0. The van der Waals surface area contributed by atoms with Crippen molar-refractivity contribution in [2.75, 3.05) is 46.0 Å². The van der Waals surface area contributed by atoms with Gasteiger partial charge in [-0.25, -0.2) is 0 Å². The predicted octanol–water partition coefficient (Wildman–Crippen LogP) is -4.34. The Morgan fingerprint density at radius 3 is 0.700 bits per heavy atom. The zero-order valence-corrected chi connectivity index (χ0v) is 26.0. The van der Waals surface area contributed by atoms with E-state index in [0.717, 1.165) is 0 Å². The van der Waals surface area contributed by atoms with Gasteiger partial charge in [-0.15, -0.1) is 7.26 Å². The highest BCUT2D eigenvalue weighted by Crippen LogP contribution is 2.07. The summed E-state index contributed by atoms with van der Waals surface area (Å²) in [5.74, 6) is -8.97. The van der Waals surface area contributed by atoms with Gasteiger partial charge in [0.1, 0.15) is 0 Å². The minimum absolute atomic E-state index is 0.582. The van der Waals surface area contributed by atoms with Crippen molar-refractivity contribution >= 4 is 80.9 Å². The molecule has 0 radical (unpaired) electrons. The summed E-state index contributed by atoms with van der Waals surface area (Å²) in [6.45, 7) is 0. The third-order valence-corrected chi connectivity index (χ3v) is 13.1. The van der Waals surface area contributed by atoms with Gasteiger partial charge in [-0.3, -0.25) is 18.2 Å². The summed E-state index contributed by atoms with van der Waals surface area (Å²) in [7, 11) is -36.9. The fraction of sp³-hybridized carbons (Fsp3) is 1.00. The van der Waals surface area contributed by atoms with E-state index < -0.39 is 140 Å². The first-order valence-corrected chi connectivity index (χ1v) is 22.1. The van der Waals surface area contributed by atoms with Crippen LogP contribution in [0.5, 0.6) is 0 Å². The Morgan fingerprint density at radius 1 is 0.300 bits per heavy atom. The number of hydrogen-bond donors (Lipinski definition) is 4. The van der Waals surface area contributed by atoms with Gasteiger partial charge < -0.3 is 0 Å². The van der Waals surface area contributed by atoms with Crippen molar-refractivity contribution < 1.29 is 92.8 Å². The molecule has 0 spiro atoms. The maximum Gasteiger partial charge on any atom is 0.282 e. The monoisotopic (exact) mass is 752 g/mol. The largest absolute Gasteiger partial charge is 0.286 e. The van der Waals surface area contributed by atoms with Gasteiger partial charge >= 0.3 is 0 Å². The van der Waals surface area contributed by atoms with Gasteiger partial charge in [0.2, 0.25) is 0 Å². The predicted molar refractivity (Wildman–Crippen MR) is 132 cm³/mol. The van der Waals surface area contributed by atoms with Crippen molar-refractivity contribution in [2.24, 2.45) is 0 Å². The Kier molecular flexibility index (Phi) is 15.8. The van der Waals surface area contributed by atoms with Crippen molar-refractivity contribution in [1.82, 2.24) is 0 Å². The zero-order chi connectivity index (χ0) is 32.5. The Hall–Kier alpha value is -0.640. The summed E-state index contributed by atoms with van der Waals surface area (Å²) in [4.78, 5) is 0. The molecule has 244 valence electrons. The smallest absolute Gasteiger partial charge is 0.282 e. The van der Waals surface area contributed by atoms with Crippen LogP contribution in [-0.2, 0) is 88.2 Å². The standard InChI is InChI=1S/C6H14O11S4.C4H10O11S4/c7-18(8,9)3-1-5-20(13,14)17-21(15,16)6-2-4-19(10,11)12;5-16(6,7)1-3-18(11,12)15-19(13,14)4-2-17(8,9)10/h1-6H2,(H,7,8,9)(H,10,11,12);1-4H2,(H,5,6,7)(H,8,9,10). The van der Waals surface area contributed by atoms with Crippen LogP contribution >= 0.6 is 0 Å². The first kappa shape index (κ1) is 41.5. The van der Waals surface area contributed by atoms with E-state index in [1.807, 2.05) is 0 Å². The molecule has 0 aliphatic heterocycles. The second-order valence-corrected chi connectivity index (χ2v) is 20.5. The maximum atomic E-state index is 11.2. The average Bonchev–Trinajstić information content (AvgIpc) is 2.60. The highest BCUT2D eigenvalue weighted by Gasteiger charge is 2.26. The molecule has 0 aromatic rings. The number of rotatable bonds is 18. The van der Waals surface area contributed by atoms with Gasteiger partial charge in [-0.05, 0) is 12.8 Å². The van der Waals surface area contributed by atoms with Gasteiger partial charge in [-0.1, -0.05) is 0 Å². The van der Waals surface area contributed by atoms with Crippen molar-refractivity contribution in [3.05, 3.63) is 0 Å². The Morgan fingerprint density at radius 2 is 0.500 bits per heavy atom. The molecule has 0 amide bonds. The van der Waals surface area contributed by atoms with E-state index in [0.29, 0.717) is 0 Å². The minimum Gasteiger partial charge on any atom is -0.286 e. The molecule has 0 fully saturated rings. The second kappa shape index (κ2) is 15.2. The third-order valence-electron chi connectivity index (χ3n) is 3.19. The molecule has 0 bridgehead atoms. The molecular formula is C10H24O22S8. The molecule has 0 heterocycles. The van der Waals surface area contributed by atoms with Gasteiger partial charge in [-0.2, -0.15) is 67.3 Å². The van der Waals surface area contributed by atoms with Crippen LogP contribution in [0.4, 0.5) is 0 Å². The van der Waals surface area contributed by atoms with E-state index in [4.69, 9.17) is 18.2 Å². The highest BCUT2D eigenvalue weighted by atomic mass is 32.3. The molecule has 0 aromatic carbocycles. The van der Waals surface area contributed by atoms with E-state index in [9.17, 15) is 67.3 Å². The summed E-state index contributed by atoms with van der Waals surface area (Å²) >= 11 is 0. The van der Waals surface area contributed by atoms with E-state index in [2.05, 4.69) is 7.26 Å². The van der Waals surface area contributed by atoms with Crippen molar-refractivity contribution in [3.63, 3.8) is 0 Å². The van der Waals surface area contributed by atoms with Crippen molar-refractivity contribution in [1.29, 1.82) is 0 Å². The quantitative estimate of drug-likeness (QED) is 0.0961. The summed E-state index contributed by atoms with van der Waals surface area (Å²) in [6, 6.07) is 0. The summed E-state index contributed by atoms with van der Waals surface area (Å²) in [6.07, 6.45) is -1.16. The zero-order valence-electron chi connectivity index (χ0n) is 19.5. The van der Waals surface area contributed by atoms with E-state index >= 15 is 0 Å². The molecule has 0 aliphatic carbocycles. The topological polar surface area (TPSA) is 372 Å². The third kappa shape index (κ3) is 28.9. The number of hydrogen-bond acceptors (Lipinski definition) is 18. The lowest BCUT2D eigenvalue weighted by atomic mass is 10.6. The van der Waals surface area contributed by atoms with Crippen LogP contribution in [0.15, 0.2) is 0 Å². The first-order valence-electron chi connectivity index (χ1n) is 9.37. The first-order chi connectivity index (χ1) is 17.2. The molecule has 0 saturated carbocycles. The van der Waals surface area contributed by atoms with Crippen LogP contribution in [0.3, 0.4) is 0 Å². The molecule has 0 saturated heterocycles. The van der Waals surface area contributed by atoms with Crippen LogP contribution in [0.2, 0.25) is 0 Å². The SMILES string of the molecule is O=S(=O)(O)CCCS(=O)(=O)OS(=O)(=O)CCCS(=O)(=O)O.O=S(=O)(O)CCS(=O)(=O)OS(=O)(=O)CCS(=O)(=O)O. The van der Waals surface area contributed by atoms with Gasteiger partial charge in [0.15, 0.2) is 0 Å². The van der Waals surface area contributed by atoms with E-state index in [1.165, 1.54) is 0 Å². The normalized spacial score (nSPS) is 14.3. The van der Waals surface area contributed by atoms with Crippen LogP contribution in [0.1, 0.15) is 12.8 Å². The molecule has 0 unspecified atom stereocenters. The van der Waals surface area contributed by atoms with Crippen molar-refractivity contribution in [3.8, 4) is 0 Å². The van der Waals surface area contributed by atoms with Gasteiger partial charge in [0, 0.05) is 0 Å². The van der Waals surface area contributed by atoms with Gasteiger partial charge in [0.25, 0.3) is 80.9 Å². The highest BCUT2D eigenvalue weighted by molar-refractivity contribution is 8.01. The molecule has 0 atom stereocenters. The van der Waals surface area contributed by atoms with Crippen molar-refractivity contribution in [2.45, 2.75) is 12.8 Å². The molecule has 4 N–H and O–H groups in total. The lowest BCUT2D eigenvalue weighted by molar-refractivity contribution is 0.455. The van der Waals surface area contributed by atoms with Gasteiger partial charge in [0.05, 0.1) is 46.0 Å². The maximum absolute atomic E-state index is 11.2. The van der Waals surface area contributed by atoms with Crippen LogP contribution in [0.25, 0.3) is 0 Å². The Balaban J connectivity index is 0. The average molecular weight is 753 g/mol. The molecular weight excluding hydrogens is 729 g/mol. The molecule has 0 aromatic heterocycles. The molecule has 0 rings (SSSR count). The summed E-state index contributed by atoms with van der Waals surface area (Å²) in [5.41, 5.74) is 0. The van der Waals surface area contributed by atoms with E-state index in [-0.39, 0.29) is 0 Å². The Labute approximate surface area is 231 Å². The van der Waals surface area contributed by atoms with Crippen LogP contribution in [-0.4, -0.2) is 132 Å². The fourth-order valence-corrected chi connectivity index (χ4v) is 11.0. The lowest BCUT2D eigenvalue weighted by Crippen LogP contribution is -2.25. The molecule has 40 heavy (non-hydrogen) atoms. The molecule has 30 heteroatoms. The molecule has 0 aliphatic rings. The molecule has 22 nitrogen and oxygen atoms in total. The van der Waals surface area contributed by atoms with Crippen LogP contribution < -0.4 is 0 Å².